The van der Waals surface area contributed by atoms with Crippen LogP contribution in [0.2, 0.25) is 0 Å². The van der Waals surface area contributed by atoms with E-state index < -0.39 is 11.9 Å². The lowest BCUT2D eigenvalue weighted by Crippen LogP contribution is -2.23. The molecule has 1 aliphatic carbocycles. The minimum Gasteiger partial charge on any atom is -0.297 e. The molecule has 35 heavy (non-hydrogen) atoms. The standard InChI is InChI=1S/C27H27F3N4O/c1-17-13-19(7-8-20(17)24(35)15-18-5-3-2-4-6-18)14-22-26-33-16-23(34(26)12-11-31-22)21-9-10-32-25(21)27(28,29)30/h7-9,11-13,16,18H,2-6,10,14-15H2,1H3. The molecule has 1 fully saturated rings. The van der Waals surface area contributed by atoms with Crippen LogP contribution >= 0.6 is 0 Å². The Kier molecular flexibility index (Phi) is 6.30. The fourth-order valence-corrected chi connectivity index (χ4v) is 5.28. The lowest BCUT2D eigenvalue weighted by Gasteiger charge is -2.21. The summed E-state index contributed by atoms with van der Waals surface area (Å²) in [5, 5.41) is 0. The number of aliphatic imine (C=N–C) groups is 1. The maximum atomic E-state index is 13.4. The number of aryl methyl sites for hydroxylation is 1. The molecule has 2 aliphatic rings. The van der Waals surface area contributed by atoms with Crippen molar-refractivity contribution in [2.45, 2.75) is 58.0 Å². The van der Waals surface area contributed by atoms with Gasteiger partial charge >= 0.3 is 6.18 Å². The van der Waals surface area contributed by atoms with E-state index in [2.05, 4.69) is 15.0 Å². The third kappa shape index (κ3) is 4.79. The van der Waals surface area contributed by atoms with Gasteiger partial charge in [0.05, 0.1) is 24.1 Å². The summed E-state index contributed by atoms with van der Waals surface area (Å²) in [4.78, 5) is 25.4. The molecule has 0 spiro atoms. The Morgan fingerprint density at radius 2 is 1.94 bits per heavy atom. The van der Waals surface area contributed by atoms with E-state index in [1.165, 1.54) is 31.5 Å². The molecule has 5 nitrogen and oxygen atoms in total. The van der Waals surface area contributed by atoms with Crippen LogP contribution in [0.15, 0.2) is 47.9 Å². The van der Waals surface area contributed by atoms with Gasteiger partial charge in [0.2, 0.25) is 0 Å². The van der Waals surface area contributed by atoms with Crippen LogP contribution in [0.3, 0.4) is 0 Å². The fourth-order valence-electron chi connectivity index (χ4n) is 5.28. The van der Waals surface area contributed by atoms with Gasteiger partial charge < -0.3 is 0 Å². The van der Waals surface area contributed by atoms with E-state index in [1.54, 1.807) is 16.8 Å². The number of benzene rings is 1. The highest BCUT2D eigenvalue weighted by atomic mass is 19.4. The Morgan fingerprint density at radius 3 is 2.69 bits per heavy atom. The number of carbonyl (C=O) groups excluding carboxylic acids is 1. The molecule has 1 aliphatic heterocycles. The van der Waals surface area contributed by atoms with Gasteiger partial charge in [-0.2, -0.15) is 13.2 Å². The number of imidazole rings is 1. The van der Waals surface area contributed by atoms with Crippen LogP contribution in [0, 0.1) is 12.8 Å². The molecule has 8 heteroatoms. The van der Waals surface area contributed by atoms with Crippen LogP contribution in [-0.4, -0.2) is 38.6 Å². The van der Waals surface area contributed by atoms with Crippen molar-refractivity contribution in [2.24, 2.45) is 10.9 Å². The first kappa shape index (κ1) is 23.5. The van der Waals surface area contributed by atoms with Crippen LogP contribution in [0.25, 0.3) is 11.2 Å². The van der Waals surface area contributed by atoms with Crippen molar-refractivity contribution in [3.05, 3.63) is 70.9 Å². The van der Waals surface area contributed by atoms with Gasteiger partial charge in [-0.3, -0.25) is 19.2 Å². The van der Waals surface area contributed by atoms with Gasteiger partial charge in [-0.15, -0.1) is 0 Å². The number of nitrogens with zero attached hydrogens (tertiary/aromatic N) is 4. The Balaban J connectivity index is 1.37. The van der Waals surface area contributed by atoms with E-state index >= 15 is 0 Å². The van der Waals surface area contributed by atoms with Gasteiger partial charge in [0.25, 0.3) is 0 Å². The number of Topliss-reactive ketones (excluding diaryl/α,β-unsaturated/α-hetero) is 1. The van der Waals surface area contributed by atoms with Crippen molar-refractivity contribution in [1.82, 2.24) is 14.4 Å². The number of hydrogen-bond donors (Lipinski definition) is 0. The molecule has 182 valence electrons. The first-order valence-electron chi connectivity index (χ1n) is 12.1. The molecule has 3 heterocycles. The van der Waals surface area contributed by atoms with Gasteiger partial charge in [0.1, 0.15) is 5.71 Å². The second-order valence-electron chi connectivity index (χ2n) is 9.47. The summed E-state index contributed by atoms with van der Waals surface area (Å²) in [5.41, 5.74) is 3.34. The molecule has 1 saturated carbocycles. The highest BCUT2D eigenvalue weighted by molar-refractivity contribution is 6.27. The zero-order chi connectivity index (χ0) is 24.6. The van der Waals surface area contributed by atoms with Gasteiger partial charge in [0, 0.05) is 36.4 Å². The van der Waals surface area contributed by atoms with Crippen LogP contribution < -0.4 is 0 Å². The number of halogens is 3. The van der Waals surface area contributed by atoms with E-state index in [4.69, 9.17) is 0 Å². The summed E-state index contributed by atoms with van der Waals surface area (Å²) < 4.78 is 41.8. The first-order chi connectivity index (χ1) is 16.8. The molecule has 2 aromatic heterocycles. The number of aromatic nitrogens is 3. The third-order valence-electron chi connectivity index (χ3n) is 7.01. The number of alkyl halides is 3. The van der Waals surface area contributed by atoms with E-state index in [-0.39, 0.29) is 17.9 Å². The lowest BCUT2D eigenvalue weighted by atomic mass is 9.84. The maximum Gasteiger partial charge on any atom is 0.433 e. The van der Waals surface area contributed by atoms with Crippen LogP contribution in [0.5, 0.6) is 0 Å². The second kappa shape index (κ2) is 9.40. The van der Waals surface area contributed by atoms with Crippen molar-refractivity contribution in [3.63, 3.8) is 0 Å². The SMILES string of the molecule is Cc1cc(Cc2nccn3c(C4=CCN=C4C(F)(F)F)cnc23)ccc1C(=O)CC1CCCCC1. The average Bonchev–Trinajstić information content (AvgIpc) is 3.47. The molecule has 0 amide bonds. The Bertz CT molecular complexity index is 1330. The quantitative estimate of drug-likeness (QED) is 0.396. The summed E-state index contributed by atoms with van der Waals surface area (Å²) in [5.74, 6) is 0.690. The smallest absolute Gasteiger partial charge is 0.297 e. The highest BCUT2D eigenvalue weighted by Gasteiger charge is 2.40. The topological polar surface area (TPSA) is 59.6 Å². The first-order valence-corrected chi connectivity index (χ1v) is 12.1. The zero-order valence-electron chi connectivity index (χ0n) is 19.6. The summed E-state index contributed by atoms with van der Waals surface area (Å²) in [6.07, 6.45) is 8.62. The number of allylic oxidation sites excluding steroid dienone is 1. The molecule has 0 saturated heterocycles. The Labute approximate surface area is 201 Å². The summed E-state index contributed by atoms with van der Waals surface area (Å²) in [7, 11) is 0. The van der Waals surface area contributed by atoms with Gasteiger partial charge in [0.15, 0.2) is 11.4 Å². The third-order valence-corrected chi connectivity index (χ3v) is 7.01. The summed E-state index contributed by atoms with van der Waals surface area (Å²) in [6.45, 7) is 1.95. The Morgan fingerprint density at radius 1 is 1.14 bits per heavy atom. The number of hydrogen-bond acceptors (Lipinski definition) is 4. The largest absolute Gasteiger partial charge is 0.433 e. The van der Waals surface area contributed by atoms with E-state index in [9.17, 15) is 18.0 Å². The van der Waals surface area contributed by atoms with Crippen molar-refractivity contribution in [1.29, 1.82) is 0 Å². The number of fused-ring (bicyclic) bond motifs is 1. The molecule has 0 radical (unpaired) electrons. The highest BCUT2D eigenvalue weighted by Crippen LogP contribution is 2.32. The zero-order valence-corrected chi connectivity index (χ0v) is 19.6. The minimum atomic E-state index is -4.52. The predicted molar refractivity (Wildman–Crippen MR) is 129 cm³/mol. The van der Waals surface area contributed by atoms with Crippen LogP contribution in [0.1, 0.15) is 71.4 Å². The molecule has 0 atom stereocenters. The van der Waals surface area contributed by atoms with Crippen molar-refractivity contribution in [2.75, 3.05) is 6.54 Å². The van der Waals surface area contributed by atoms with Gasteiger partial charge in [-0.1, -0.05) is 56.4 Å². The van der Waals surface area contributed by atoms with Gasteiger partial charge in [-0.25, -0.2) is 4.98 Å². The lowest BCUT2D eigenvalue weighted by molar-refractivity contribution is -0.0571. The monoisotopic (exact) mass is 480 g/mol. The average molecular weight is 481 g/mol. The summed E-state index contributed by atoms with van der Waals surface area (Å²) in [6, 6.07) is 5.82. The van der Waals surface area contributed by atoms with Crippen molar-refractivity contribution >= 4 is 22.7 Å². The molecule has 0 bridgehead atoms. The maximum absolute atomic E-state index is 13.4. The normalized spacial score (nSPS) is 17.0. The second-order valence-corrected chi connectivity index (χ2v) is 9.47. The van der Waals surface area contributed by atoms with E-state index in [0.717, 1.165) is 29.5 Å². The van der Waals surface area contributed by atoms with Crippen LogP contribution in [-0.2, 0) is 6.42 Å². The Hall–Kier alpha value is -3.29. The molecular formula is C27H27F3N4O. The predicted octanol–water partition coefficient (Wildman–Crippen LogP) is 6.18. The van der Waals surface area contributed by atoms with E-state index in [1.807, 2.05) is 25.1 Å². The van der Waals surface area contributed by atoms with Gasteiger partial charge in [-0.05, 0) is 24.0 Å². The van der Waals surface area contributed by atoms with Crippen LogP contribution in [0.4, 0.5) is 13.2 Å². The van der Waals surface area contributed by atoms with Crippen molar-refractivity contribution in [3.8, 4) is 0 Å². The van der Waals surface area contributed by atoms with E-state index in [0.29, 0.717) is 35.8 Å². The molecule has 0 N–H and O–H groups in total. The molecule has 3 aromatic rings. The number of rotatable bonds is 6. The number of carbonyl (C=O) groups is 1. The fraction of sp³-hybridized carbons (Fsp3) is 0.407. The molecular weight excluding hydrogens is 453 g/mol. The summed E-state index contributed by atoms with van der Waals surface area (Å²) >= 11 is 0. The number of ketones is 1. The molecule has 1 aromatic carbocycles. The molecule has 5 rings (SSSR count). The molecule has 0 unspecified atom stereocenters. The minimum absolute atomic E-state index is 0.000440. The van der Waals surface area contributed by atoms with Crippen molar-refractivity contribution < 1.29 is 18.0 Å².